The second-order valence-electron chi connectivity index (χ2n) is 7.05. The normalized spacial score (nSPS) is 18.0. The number of halogens is 3. The van der Waals surface area contributed by atoms with E-state index in [1.54, 1.807) is 0 Å². The van der Waals surface area contributed by atoms with Crippen LogP contribution in [0.15, 0.2) is 52.0 Å². The van der Waals surface area contributed by atoms with Crippen LogP contribution in [-0.2, 0) is 20.4 Å². The Hall–Kier alpha value is -2.37. The summed E-state index contributed by atoms with van der Waals surface area (Å²) in [6.07, 6.45) is -3.12. The van der Waals surface area contributed by atoms with Crippen molar-refractivity contribution < 1.29 is 35.9 Å². The molecule has 1 aliphatic rings. The average molecular weight is 446 g/mol. The number of benzene rings is 1. The van der Waals surface area contributed by atoms with Gasteiger partial charge in [0.2, 0.25) is 21.5 Å². The maximum absolute atomic E-state index is 13.4. The number of anilines is 1. The number of rotatable bonds is 6. The monoisotopic (exact) mass is 446 g/mol. The summed E-state index contributed by atoms with van der Waals surface area (Å²) in [6, 6.07) is 7.36. The standard InChI is InChI=1S/C19H21F3N2O5S/c20-19(21,22)18(26,16-8-5-11-29-16)13-17(25)23-14-6-4-7-15(12-14)30(27,28)24-9-2-1-3-10-24/h4-8,11-12,26H,1-3,9-10,13H2,(H,23,25). The van der Waals surface area contributed by atoms with Crippen molar-refractivity contribution in [1.29, 1.82) is 0 Å². The van der Waals surface area contributed by atoms with Crippen LogP contribution < -0.4 is 5.32 Å². The Morgan fingerprint density at radius 2 is 1.83 bits per heavy atom. The fraction of sp³-hybridized carbons (Fsp3) is 0.421. The highest BCUT2D eigenvalue weighted by Gasteiger charge is 2.58. The van der Waals surface area contributed by atoms with Crippen molar-refractivity contribution in [3.8, 4) is 0 Å². The molecule has 0 radical (unpaired) electrons. The fourth-order valence-corrected chi connectivity index (χ4v) is 4.83. The summed E-state index contributed by atoms with van der Waals surface area (Å²) in [5.74, 6) is -1.97. The van der Waals surface area contributed by atoms with Crippen LogP contribution in [0.1, 0.15) is 31.4 Å². The van der Waals surface area contributed by atoms with E-state index in [2.05, 4.69) is 9.73 Å². The lowest BCUT2D eigenvalue weighted by molar-refractivity contribution is -0.272. The molecule has 30 heavy (non-hydrogen) atoms. The third-order valence-corrected chi connectivity index (χ3v) is 6.78. The minimum Gasteiger partial charge on any atom is -0.466 e. The molecule has 3 rings (SSSR count). The maximum atomic E-state index is 13.4. The summed E-state index contributed by atoms with van der Waals surface area (Å²) in [6.45, 7) is 0.779. The zero-order chi connectivity index (χ0) is 22.0. The number of alkyl halides is 3. The number of amides is 1. The van der Waals surface area contributed by atoms with Crippen molar-refractivity contribution in [3.05, 3.63) is 48.4 Å². The quantitative estimate of drug-likeness (QED) is 0.710. The number of aliphatic hydroxyl groups is 1. The Morgan fingerprint density at radius 1 is 1.13 bits per heavy atom. The number of hydrogen-bond donors (Lipinski definition) is 2. The molecule has 1 aromatic carbocycles. The van der Waals surface area contributed by atoms with Crippen LogP contribution in [0.2, 0.25) is 0 Å². The van der Waals surface area contributed by atoms with E-state index in [0.29, 0.717) is 13.1 Å². The first-order valence-electron chi connectivity index (χ1n) is 9.27. The third-order valence-electron chi connectivity index (χ3n) is 4.88. The third kappa shape index (κ3) is 4.52. The lowest BCUT2D eigenvalue weighted by Crippen LogP contribution is -2.44. The molecule has 0 aliphatic carbocycles. The molecule has 1 saturated heterocycles. The molecule has 1 atom stereocenters. The summed E-state index contributed by atoms with van der Waals surface area (Å²) < 4.78 is 71.8. The number of furan rings is 1. The highest BCUT2D eigenvalue weighted by atomic mass is 32.2. The van der Waals surface area contributed by atoms with Gasteiger partial charge in [-0.25, -0.2) is 8.42 Å². The first-order chi connectivity index (χ1) is 14.0. The van der Waals surface area contributed by atoms with Gasteiger partial charge in [0.05, 0.1) is 17.6 Å². The van der Waals surface area contributed by atoms with Crippen LogP contribution in [0.25, 0.3) is 0 Å². The lowest BCUT2D eigenvalue weighted by Gasteiger charge is -2.28. The van der Waals surface area contributed by atoms with E-state index in [0.717, 1.165) is 31.6 Å². The maximum Gasteiger partial charge on any atom is 0.425 e. The van der Waals surface area contributed by atoms with E-state index < -0.39 is 39.9 Å². The zero-order valence-corrected chi connectivity index (χ0v) is 16.7. The molecule has 1 fully saturated rings. The van der Waals surface area contributed by atoms with Crippen LogP contribution in [0.5, 0.6) is 0 Å². The second-order valence-corrected chi connectivity index (χ2v) is 8.99. The minimum absolute atomic E-state index is 0.00190. The van der Waals surface area contributed by atoms with E-state index in [-0.39, 0.29) is 10.6 Å². The van der Waals surface area contributed by atoms with Gasteiger partial charge in [-0.05, 0) is 43.2 Å². The minimum atomic E-state index is -5.17. The number of nitrogens with one attached hydrogen (secondary N) is 1. The molecular weight excluding hydrogens is 425 g/mol. The Labute approximate surface area is 171 Å². The zero-order valence-electron chi connectivity index (χ0n) is 15.9. The van der Waals surface area contributed by atoms with E-state index in [4.69, 9.17) is 0 Å². The highest BCUT2D eigenvalue weighted by molar-refractivity contribution is 7.89. The molecule has 1 unspecified atom stereocenters. The Morgan fingerprint density at radius 3 is 2.43 bits per heavy atom. The topological polar surface area (TPSA) is 99.8 Å². The molecule has 2 heterocycles. The van der Waals surface area contributed by atoms with Crippen LogP contribution >= 0.6 is 0 Å². The molecule has 1 aliphatic heterocycles. The lowest BCUT2D eigenvalue weighted by atomic mass is 9.95. The molecule has 11 heteroatoms. The van der Waals surface area contributed by atoms with Gasteiger partial charge in [-0.3, -0.25) is 4.79 Å². The predicted octanol–water partition coefficient (Wildman–Crippen LogP) is 3.23. The number of sulfonamides is 1. The van der Waals surface area contributed by atoms with Crippen LogP contribution in [-0.4, -0.2) is 43.0 Å². The van der Waals surface area contributed by atoms with Gasteiger partial charge in [0, 0.05) is 18.8 Å². The average Bonchev–Trinajstić information content (AvgIpc) is 3.23. The number of nitrogens with zero attached hydrogens (tertiary/aromatic N) is 1. The van der Waals surface area contributed by atoms with Gasteiger partial charge in [-0.1, -0.05) is 12.5 Å². The van der Waals surface area contributed by atoms with Gasteiger partial charge in [0.15, 0.2) is 0 Å². The van der Waals surface area contributed by atoms with Gasteiger partial charge in [-0.2, -0.15) is 17.5 Å². The molecule has 0 bridgehead atoms. The van der Waals surface area contributed by atoms with E-state index in [1.807, 2.05) is 0 Å². The summed E-state index contributed by atoms with van der Waals surface area (Å²) in [4.78, 5) is 12.2. The Kier molecular flexibility index (Phi) is 6.25. The van der Waals surface area contributed by atoms with E-state index in [1.165, 1.54) is 34.6 Å². The number of carbonyl (C=O) groups excluding carboxylic acids is 1. The van der Waals surface area contributed by atoms with Crippen LogP contribution in [0.4, 0.5) is 18.9 Å². The smallest absolute Gasteiger partial charge is 0.425 e. The Balaban J connectivity index is 1.78. The molecule has 164 valence electrons. The number of carbonyl (C=O) groups is 1. The Bertz CT molecular complexity index is 986. The molecule has 2 aromatic rings. The van der Waals surface area contributed by atoms with E-state index >= 15 is 0 Å². The molecule has 2 N–H and O–H groups in total. The predicted molar refractivity (Wildman–Crippen MR) is 101 cm³/mol. The second kappa shape index (κ2) is 8.40. The molecule has 1 aromatic heterocycles. The van der Waals surface area contributed by atoms with Gasteiger partial charge in [0.1, 0.15) is 5.76 Å². The van der Waals surface area contributed by atoms with Crippen molar-refractivity contribution in [3.63, 3.8) is 0 Å². The fourth-order valence-electron chi connectivity index (χ4n) is 3.27. The number of hydrogen-bond acceptors (Lipinski definition) is 5. The first kappa shape index (κ1) is 22.3. The van der Waals surface area contributed by atoms with Crippen LogP contribution in [0.3, 0.4) is 0 Å². The molecule has 1 amide bonds. The summed E-state index contributed by atoms with van der Waals surface area (Å²) in [7, 11) is -3.78. The van der Waals surface area contributed by atoms with Crippen molar-refractivity contribution in [2.75, 3.05) is 18.4 Å². The van der Waals surface area contributed by atoms with Crippen molar-refractivity contribution in [1.82, 2.24) is 4.31 Å². The largest absolute Gasteiger partial charge is 0.466 e. The van der Waals surface area contributed by atoms with Gasteiger partial charge in [0.25, 0.3) is 0 Å². The molecule has 0 saturated carbocycles. The van der Waals surface area contributed by atoms with Crippen LogP contribution in [0, 0.1) is 0 Å². The SMILES string of the molecule is O=C(CC(O)(c1ccco1)C(F)(F)F)Nc1cccc(S(=O)(=O)N2CCCCC2)c1. The van der Waals surface area contributed by atoms with Gasteiger partial charge in [-0.15, -0.1) is 0 Å². The molecule has 7 nitrogen and oxygen atoms in total. The first-order valence-corrected chi connectivity index (χ1v) is 10.7. The molecular formula is C19H21F3N2O5S. The van der Waals surface area contributed by atoms with Crippen molar-refractivity contribution in [2.24, 2.45) is 0 Å². The summed E-state index contributed by atoms with van der Waals surface area (Å²) in [5.41, 5.74) is -3.51. The summed E-state index contributed by atoms with van der Waals surface area (Å²) >= 11 is 0. The van der Waals surface area contributed by atoms with Crippen molar-refractivity contribution >= 4 is 21.6 Å². The molecule has 0 spiro atoms. The van der Waals surface area contributed by atoms with Gasteiger partial charge < -0.3 is 14.8 Å². The van der Waals surface area contributed by atoms with Gasteiger partial charge >= 0.3 is 6.18 Å². The summed E-state index contributed by atoms with van der Waals surface area (Å²) in [5, 5.41) is 12.4. The number of piperidine rings is 1. The highest BCUT2D eigenvalue weighted by Crippen LogP contribution is 2.42. The van der Waals surface area contributed by atoms with Crippen molar-refractivity contribution in [2.45, 2.75) is 42.4 Å². The van der Waals surface area contributed by atoms with E-state index in [9.17, 15) is 31.5 Å².